The summed E-state index contributed by atoms with van der Waals surface area (Å²) < 4.78 is 10.9. The molecule has 126 valence electrons. The average Bonchev–Trinajstić information content (AvgIpc) is 2.61. The smallest absolute Gasteiger partial charge is 0.201 e. The van der Waals surface area contributed by atoms with Crippen molar-refractivity contribution in [1.29, 1.82) is 0 Å². The lowest BCUT2D eigenvalue weighted by Crippen LogP contribution is -2.46. The van der Waals surface area contributed by atoms with E-state index in [1.54, 1.807) is 0 Å². The van der Waals surface area contributed by atoms with Crippen LogP contribution in [0.5, 0.6) is 0 Å². The average molecular weight is 318 g/mol. The molecule has 2 heterocycles. The van der Waals surface area contributed by atoms with Crippen molar-refractivity contribution >= 4 is 17.3 Å². The summed E-state index contributed by atoms with van der Waals surface area (Å²) in [5.41, 5.74) is 2.20. The molecule has 2 fully saturated rings. The van der Waals surface area contributed by atoms with Crippen LogP contribution in [0.25, 0.3) is 0 Å². The topological polar surface area (TPSA) is 40.5 Å². The number of benzene rings is 1. The highest BCUT2D eigenvalue weighted by molar-refractivity contribution is 5.85. The van der Waals surface area contributed by atoms with E-state index in [2.05, 4.69) is 39.0 Å². The number of nitrogens with zero attached hydrogens (tertiary/aromatic N) is 4. The number of aliphatic imine (C=N–C) groups is 1. The van der Waals surface area contributed by atoms with E-state index in [0.717, 1.165) is 64.3 Å². The van der Waals surface area contributed by atoms with Gasteiger partial charge in [0.15, 0.2) is 0 Å². The van der Waals surface area contributed by atoms with Gasteiger partial charge in [-0.15, -0.1) is 0 Å². The molecule has 0 spiro atoms. The normalized spacial score (nSPS) is 19.8. The molecule has 0 unspecified atom stereocenters. The predicted molar refractivity (Wildman–Crippen MR) is 92.6 cm³/mol. The van der Waals surface area contributed by atoms with Gasteiger partial charge in [0, 0.05) is 40.3 Å². The van der Waals surface area contributed by atoms with Crippen LogP contribution in [-0.4, -0.2) is 82.5 Å². The van der Waals surface area contributed by atoms with Crippen molar-refractivity contribution < 1.29 is 9.47 Å². The highest BCUT2D eigenvalue weighted by atomic mass is 16.5. The molecular formula is C17H26N4O2. The summed E-state index contributed by atoms with van der Waals surface area (Å²) in [6.07, 6.45) is 0. The van der Waals surface area contributed by atoms with Gasteiger partial charge in [-0.3, -0.25) is 0 Å². The molecule has 23 heavy (non-hydrogen) atoms. The Bertz CT molecular complexity index is 535. The number of rotatable bonds is 2. The molecule has 0 N–H and O–H groups in total. The van der Waals surface area contributed by atoms with Gasteiger partial charge in [-0.05, 0) is 12.1 Å². The monoisotopic (exact) mass is 318 g/mol. The van der Waals surface area contributed by atoms with Crippen molar-refractivity contribution in [3.8, 4) is 0 Å². The van der Waals surface area contributed by atoms with E-state index in [-0.39, 0.29) is 0 Å². The second-order valence-electron chi connectivity index (χ2n) is 5.99. The Labute approximate surface area is 138 Å². The quantitative estimate of drug-likeness (QED) is 0.609. The van der Waals surface area contributed by atoms with Crippen molar-refractivity contribution in [2.75, 3.05) is 71.6 Å². The molecular weight excluding hydrogens is 292 g/mol. The summed E-state index contributed by atoms with van der Waals surface area (Å²) >= 11 is 0. The lowest BCUT2D eigenvalue weighted by atomic mass is 10.2. The summed E-state index contributed by atoms with van der Waals surface area (Å²) in [5.74, 6) is 0.994. The van der Waals surface area contributed by atoms with Gasteiger partial charge in [-0.25, -0.2) is 4.99 Å². The van der Waals surface area contributed by atoms with Crippen molar-refractivity contribution in [2.24, 2.45) is 4.99 Å². The first-order valence-corrected chi connectivity index (χ1v) is 8.26. The van der Waals surface area contributed by atoms with Crippen LogP contribution >= 0.6 is 0 Å². The maximum atomic E-state index is 5.47. The number of ether oxygens (including phenoxy) is 2. The van der Waals surface area contributed by atoms with Crippen molar-refractivity contribution in [3.05, 3.63) is 24.3 Å². The molecule has 0 amide bonds. The van der Waals surface area contributed by atoms with E-state index in [1.807, 2.05) is 14.1 Å². The maximum Gasteiger partial charge on any atom is 0.201 e. The Morgan fingerprint density at radius 3 is 2.22 bits per heavy atom. The lowest BCUT2D eigenvalue weighted by molar-refractivity contribution is 0.0638. The second-order valence-corrected chi connectivity index (χ2v) is 5.99. The summed E-state index contributed by atoms with van der Waals surface area (Å²) in [4.78, 5) is 11.7. The molecule has 1 aromatic rings. The summed E-state index contributed by atoms with van der Waals surface area (Å²) in [6.45, 7) is 6.69. The van der Waals surface area contributed by atoms with E-state index in [1.165, 1.54) is 5.69 Å². The molecule has 0 saturated carbocycles. The highest BCUT2D eigenvalue weighted by Crippen LogP contribution is 2.29. The number of para-hydroxylation sites is 2. The van der Waals surface area contributed by atoms with Crippen LogP contribution in [0.2, 0.25) is 0 Å². The fourth-order valence-electron chi connectivity index (χ4n) is 2.96. The number of guanidine groups is 1. The van der Waals surface area contributed by atoms with E-state index in [9.17, 15) is 0 Å². The zero-order chi connectivity index (χ0) is 16.1. The first-order valence-electron chi connectivity index (χ1n) is 8.26. The summed E-state index contributed by atoms with van der Waals surface area (Å²) in [5, 5.41) is 0. The molecule has 2 aliphatic heterocycles. The predicted octanol–water partition coefficient (Wildman–Crippen LogP) is 1.40. The zero-order valence-corrected chi connectivity index (χ0v) is 14.1. The van der Waals surface area contributed by atoms with Crippen LogP contribution in [-0.2, 0) is 9.47 Å². The van der Waals surface area contributed by atoms with Crippen LogP contribution in [0.4, 0.5) is 11.4 Å². The van der Waals surface area contributed by atoms with Crippen molar-refractivity contribution in [2.45, 2.75) is 0 Å². The van der Waals surface area contributed by atoms with Gasteiger partial charge in [-0.2, -0.15) is 0 Å². The van der Waals surface area contributed by atoms with Crippen LogP contribution in [0.3, 0.4) is 0 Å². The minimum atomic E-state index is 0.762. The second kappa shape index (κ2) is 7.66. The van der Waals surface area contributed by atoms with Gasteiger partial charge in [0.1, 0.15) is 0 Å². The lowest BCUT2D eigenvalue weighted by Gasteiger charge is -2.34. The minimum absolute atomic E-state index is 0.762. The van der Waals surface area contributed by atoms with Gasteiger partial charge in [-0.1, -0.05) is 12.1 Å². The van der Waals surface area contributed by atoms with Crippen LogP contribution < -0.4 is 4.90 Å². The Morgan fingerprint density at radius 1 is 0.957 bits per heavy atom. The van der Waals surface area contributed by atoms with E-state index < -0.39 is 0 Å². The fourth-order valence-corrected chi connectivity index (χ4v) is 2.96. The Morgan fingerprint density at radius 2 is 1.57 bits per heavy atom. The molecule has 0 aliphatic carbocycles. The van der Waals surface area contributed by atoms with E-state index >= 15 is 0 Å². The van der Waals surface area contributed by atoms with Gasteiger partial charge in [0.25, 0.3) is 0 Å². The molecule has 1 aromatic carbocycles. The van der Waals surface area contributed by atoms with Crippen LogP contribution in [0, 0.1) is 0 Å². The minimum Gasteiger partial charge on any atom is -0.378 e. The standard InChI is InChI=1S/C17H26N4O2/c1-19(2)17(21-9-13-23-14-10-21)18-15-5-3-4-6-16(15)20-7-11-22-12-8-20/h3-6H,7-14H2,1-2H3. The van der Waals surface area contributed by atoms with E-state index in [4.69, 9.17) is 14.5 Å². The summed E-state index contributed by atoms with van der Waals surface area (Å²) in [6, 6.07) is 8.37. The number of anilines is 1. The molecule has 2 aliphatic rings. The first kappa shape index (κ1) is 16.1. The number of morpholine rings is 2. The number of hydrogen-bond acceptors (Lipinski definition) is 4. The van der Waals surface area contributed by atoms with Gasteiger partial charge < -0.3 is 24.2 Å². The zero-order valence-electron chi connectivity index (χ0n) is 14.1. The molecule has 6 heteroatoms. The van der Waals surface area contributed by atoms with Gasteiger partial charge >= 0.3 is 0 Å². The molecule has 0 atom stereocenters. The summed E-state index contributed by atoms with van der Waals surface area (Å²) in [7, 11) is 4.09. The SMILES string of the molecule is CN(C)C(=Nc1ccccc1N1CCOCC1)N1CCOCC1. The third-order valence-electron chi connectivity index (χ3n) is 4.15. The van der Waals surface area contributed by atoms with Crippen molar-refractivity contribution in [1.82, 2.24) is 9.80 Å². The third kappa shape index (κ3) is 3.95. The maximum absolute atomic E-state index is 5.47. The molecule has 6 nitrogen and oxygen atoms in total. The fraction of sp³-hybridized carbons (Fsp3) is 0.588. The highest BCUT2D eigenvalue weighted by Gasteiger charge is 2.19. The largest absolute Gasteiger partial charge is 0.378 e. The Hall–Kier alpha value is -1.79. The first-order chi connectivity index (χ1) is 11.3. The Kier molecular flexibility index (Phi) is 5.35. The van der Waals surface area contributed by atoms with Crippen LogP contribution in [0.1, 0.15) is 0 Å². The van der Waals surface area contributed by atoms with Crippen LogP contribution in [0.15, 0.2) is 29.3 Å². The number of hydrogen-bond donors (Lipinski definition) is 0. The molecule has 3 rings (SSSR count). The van der Waals surface area contributed by atoms with E-state index in [0.29, 0.717) is 0 Å². The Balaban J connectivity index is 1.89. The van der Waals surface area contributed by atoms with Crippen molar-refractivity contribution in [3.63, 3.8) is 0 Å². The molecule has 2 saturated heterocycles. The third-order valence-corrected chi connectivity index (χ3v) is 4.15. The van der Waals surface area contributed by atoms with Gasteiger partial charge in [0.05, 0.1) is 37.8 Å². The molecule has 0 aromatic heterocycles. The molecule has 0 radical (unpaired) electrons. The van der Waals surface area contributed by atoms with Gasteiger partial charge in [0.2, 0.25) is 5.96 Å². The molecule has 0 bridgehead atoms.